The van der Waals surface area contributed by atoms with Crippen molar-refractivity contribution in [2.45, 2.75) is 32.0 Å². The van der Waals surface area contributed by atoms with Crippen LogP contribution in [0, 0.1) is 0 Å². The van der Waals surface area contributed by atoms with Crippen molar-refractivity contribution in [3.8, 4) is 5.69 Å². The molecule has 0 saturated carbocycles. The van der Waals surface area contributed by atoms with E-state index in [1.807, 2.05) is 66.2 Å². The van der Waals surface area contributed by atoms with E-state index in [0.717, 1.165) is 47.6 Å². The van der Waals surface area contributed by atoms with E-state index in [1.165, 1.54) is 4.90 Å². The summed E-state index contributed by atoms with van der Waals surface area (Å²) in [6, 6.07) is 22.3. The number of hydrogen-bond acceptors (Lipinski definition) is 2. The smallest absolute Gasteiger partial charge is 0.329 e. The second-order valence-electron chi connectivity index (χ2n) is 9.66. The summed E-state index contributed by atoms with van der Waals surface area (Å²) in [6.07, 6.45) is -1.14. The standard InChI is InChI=1S/C31H27ClF3N3O2/c1-2-3-18-36(30(40)22-10-14-23(15-11-22)31(33,34)35)20-28(39)38-26-8-5-4-7-25(26)37-19-6-9-27(37)29(38)21-12-16-24(32)17-13-21/h4-17,19,29H,2-3,18,20H2,1H3. The number of halogens is 4. The minimum Gasteiger partial charge on any atom is -0.329 e. The van der Waals surface area contributed by atoms with E-state index < -0.39 is 23.7 Å². The first kappa shape index (κ1) is 27.5. The van der Waals surface area contributed by atoms with E-state index >= 15 is 0 Å². The van der Waals surface area contributed by atoms with Crippen LogP contribution in [0.15, 0.2) is 91.1 Å². The summed E-state index contributed by atoms with van der Waals surface area (Å²) in [5.41, 5.74) is 2.51. The van der Waals surface area contributed by atoms with Gasteiger partial charge in [-0.2, -0.15) is 13.2 Å². The fourth-order valence-corrected chi connectivity index (χ4v) is 5.17. The molecule has 0 spiro atoms. The van der Waals surface area contributed by atoms with Gasteiger partial charge in [0.25, 0.3) is 5.91 Å². The Morgan fingerprint density at radius 1 is 0.900 bits per heavy atom. The van der Waals surface area contributed by atoms with Crippen molar-refractivity contribution in [2.24, 2.45) is 0 Å². The van der Waals surface area contributed by atoms with Crippen molar-refractivity contribution in [3.63, 3.8) is 0 Å². The molecule has 9 heteroatoms. The summed E-state index contributed by atoms with van der Waals surface area (Å²) in [7, 11) is 0. The van der Waals surface area contributed by atoms with Crippen LogP contribution < -0.4 is 4.90 Å². The molecule has 0 bridgehead atoms. The first-order chi connectivity index (χ1) is 19.2. The Morgan fingerprint density at radius 3 is 2.23 bits per heavy atom. The van der Waals surface area contributed by atoms with Crippen molar-refractivity contribution in [1.29, 1.82) is 0 Å². The van der Waals surface area contributed by atoms with Crippen LogP contribution in [-0.4, -0.2) is 34.4 Å². The lowest BCUT2D eigenvalue weighted by atomic mass is 9.97. The zero-order valence-electron chi connectivity index (χ0n) is 21.7. The van der Waals surface area contributed by atoms with Crippen LogP contribution in [0.25, 0.3) is 5.69 Å². The molecule has 1 unspecified atom stereocenters. The number of benzene rings is 3. The molecule has 0 radical (unpaired) electrons. The Labute approximate surface area is 235 Å². The van der Waals surface area contributed by atoms with Gasteiger partial charge in [0.1, 0.15) is 12.6 Å². The minimum atomic E-state index is -4.50. The number of aromatic nitrogens is 1. The van der Waals surface area contributed by atoms with Crippen LogP contribution in [0.2, 0.25) is 5.02 Å². The van der Waals surface area contributed by atoms with Gasteiger partial charge in [-0.15, -0.1) is 0 Å². The number of amides is 2. The number of alkyl halides is 3. The maximum Gasteiger partial charge on any atom is 0.416 e. The quantitative estimate of drug-likeness (QED) is 0.232. The third-order valence-corrected chi connectivity index (χ3v) is 7.28. The SMILES string of the molecule is CCCCN(CC(=O)N1c2ccccc2-n2cccc2C1c1ccc(Cl)cc1)C(=O)c1ccc(C(F)(F)F)cc1. The molecule has 1 aromatic heterocycles. The van der Waals surface area contributed by atoms with Crippen LogP contribution in [0.3, 0.4) is 0 Å². The fraction of sp³-hybridized carbons (Fsp3) is 0.226. The summed E-state index contributed by atoms with van der Waals surface area (Å²) < 4.78 is 41.3. The second-order valence-corrected chi connectivity index (χ2v) is 10.1. The van der Waals surface area contributed by atoms with Crippen molar-refractivity contribution in [2.75, 3.05) is 18.0 Å². The van der Waals surface area contributed by atoms with Gasteiger partial charge in [-0.3, -0.25) is 14.5 Å². The molecule has 1 aliphatic rings. The summed E-state index contributed by atoms with van der Waals surface area (Å²) in [5.74, 6) is -0.802. The maximum absolute atomic E-state index is 14.2. The molecule has 2 amide bonds. The van der Waals surface area contributed by atoms with Crippen LogP contribution in [0.4, 0.5) is 18.9 Å². The van der Waals surface area contributed by atoms with E-state index in [9.17, 15) is 22.8 Å². The molecule has 5 rings (SSSR count). The lowest BCUT2D eigenvalue weighted by Crippen LogP contribution is -2.47. The van der Waals surface area contributed by atoms with Gasteiger partial charge >= 0.3 is 6.18 Å². The molecule has 2 heterocycles. The van der Waals surface area contributed by atoms with Gasteiger partial charge < -0.3 is 9.47 Å². The number of carbonyl (C=O) groups is 2. The van der Waals surface area contributed by atoms with Gasteiger partial charge in [0.15, 0.2) is 0 Å². The molecule has 206 valence electrons. The Kier molecular flexibility index (Phi) is 7.72. The van der Waals surface area contributed by atoms with Gasteiger partial charge in [0.2, 0.25) is 5.91 Å². The van der Waals surface area contributed by atoms with E-state index in [0.29, 0.717) is 23.7 Å². The first-order valence-corrected chi connectivity index (χ1v) is 13.4. The number of anilines is 1. The average molecular weight is 566 g/mol. The minimum absolute atomic E-state index is 0.0964. The van der Waals surface area contributed by atoms with Crippen LogP contribution in [-0.2, 0) is 11.0 Å². The van der Waals surface area contributed by atoms with Crippen molar-refractivity contribution in [1.82, 2.24) is 9.47 Å². The lowest BCUT2D eigenvalue weighted by Gasteiger charge is -2.39. The Morgan fingerprint density at radius 2 is 1.57 bits per heavy atom. The molecular weight excluding hydrogens is 539 g/mol. The van der Waals surface area contributed by atoms with E-state index in [2.05, 4.69) is 0 Å². The molecule has 4 aromatic rings. The van der Waals surface area contributed by atoms with Gasteiger partial charge in [-0.1, -0.05) is 49.2 Å². The van der Waals surface area contributed by atoms with Crippen LogP contribution in [0.5, 0.6) is 0 Å². The zero-order valence-corrected chi connectivity index (χ0v) is 22.5. The van der Waals surface area contributed by atoms with Crippen LogP contribution in [0.1, 0.15) is 53.0 Å². The number of para-hydroxylation sites is 2. The zero-order chi connectivity index (χ0) is 28.4. The normalized spacial score (nSPS) is 14.4. The summed E-state index contributed by atoms with van der Waals surface area (Å²) in [6.45, 7) is 2.02. The average Bonchev–Trinajstić information content (AvgIpc) is 3.44. The van der Waals surface area contributed by atoms with Gasteiger partial charge in [-0.25, -0.2) is 0 Å². The predicted molar refractivity (Wildman–Crippen MR) is 149 cm³/mol. The van der Waals surface area contributed by atoms with E-state index in [-0.39, 0.29) is 18.0 Å². The number of nitrogens with zero attached hydrogens (tertiary/aromatic N) is 3. The van der Waals surface area contributed by atoms with Crippen LogP contribution >= 0.6 is 11.6 Å². The number of hydrogen-bond donors (Lipinski definition) is 0. The molecular formula is C31H27ClF3N3O2. The molecule has 1 aliphatic heterocycles. The monoisotopic (exact) mass is 565 g/mol. The number of rotatable bonds is 7. The third-order valence-electron chi connectivity index (χ3n) is 7.03. The first-order valence-electron chi connectivity index (χ1n) is 13.0. The maximum atomic E-state index is 14.2. The lowest BCUT2D eigenvalue weighted by molar-refractivity contribution is -0.137. The van der Waals surface area contributed by atoms with Crippen molar-refractivity contribution in [3.05, 3.63) is 119 Å². The fourth-order valence-electron chi connectivity index (χ4n) is 5.05. The summed E-state index contributed by atoms with van der Waals surface area (Å²) >= 11 is 6.16. The molecule has 0 saturated heterocycles. The highest BCUT2D eigenvalue weighted by atomic mass is 35.5. The summed E-state index contributed by atoms with van der Waals surface area (Å²) in [4.78, 5) is 30.8. The summed E-state index contributed by atoms with van der Waals surface area (Å²) in [5, 5.41) is 0.570. The Balaban J connectivity index is 1.51. The molecule has 3 aromatic carbocycles. The molecule has 0 fully saturated rings. The Hall–Kier alpha value is -4.04. The van der Waals surface area contributed by atoms with E-state index in [4.69, 9.17) is 11.6 Å². The molecule has 1 atom stereocenters. The largest absolute Gasteiger partial charge is 0.416 e. The Bertz CT molecular complexity index is 1510. The predicted octanol–water partition coefficient (Wildman–Crippen LogP) is 7.53. The number of unbranched alkanes of at least 4 members (excludes halogenated alkanes) is 1. The van der Waals surface area contributed by atoms with Gasteiger partial charge in [0, 0.05) is 23.3 Å². The molecule has 0 aliphatic carbocycles. The second kappa shape index (κ2) is 11.2. The molecule has 40 heavy (non-hydrogen) atoms. The van der Waals surface area contributed by atoms with Gasteiger partial charge in [0.05, 0.1) is 22.6 Å². The highest BCUT2D eigenvalue weighted by Gasteiger charge is 2.37. The van der Waals surface area contributed by atoms with Crippen molar-refractivity contribution < 1.29 is 22.8 Å². The third kappa shape index (κ3) is 5.36. The molecule has 5 nitrogen and oxygen atoms in total. The number of carbonyl (C=O) groups excluding carboxylic acids is 2. The van der Waals surface area contributed by atoms with Gasteiger partial charge in [-0.05, 0) is 72.6 Å². The topological polar surface area (TPSA) is 45.6 Å². The van der Waals surface area contributed by atoms with Crippen molar-refractivity contribution >= 4 is 29.1 Å². The number of fused-ring (bicyclic) bond motifs is 3. The van der Waals surface area contributed by atoms with E-state index in [1.54, 1.807) is 17.0 Å². The molecule has 0 N–H and O–H groups in total. The highest BCUT2D eigenvalue weighted by Crippen LogP contribution is 2.42. The highest BCUT2D eigenvalue weighted by molar-refractivity contribution is 6.30.